The van der Waals surface area contributed by atoms with Crippen LogP contribution in [0.1, 0.15) is 11.1 Å². The summed E-state index contributed by atoms with van der Waals surface area (Å²) in [7, 11) is 0. The SMILES string of the molecule is O=C1C(OCc2ccccc2)C2(c3ccccc3)SCCN12. The summed E-state index contributed by atoms with van der Waals surface area (Å²) >= 11 is 1.82. The third-order valence-corrected chi connectivity index (χ3v) is 5.83. The van der Waals surface area contributed by atoms with Gasteiger partial charge in [0.05, 0.1) is 6.61 Å². The van der Waals surface area contributed by atoms with Gasteiger partial charge >= 0.3 is 0 Å². The molecule has 3 nitrogen and oxygen atoms in total. The van der Waals surface area contributed by atoms with Crippen LogP contribution in [-0.4, -0.2) is 29.2 Å². The minimum atomic E-state index is -0.386. The molecule has 2 heterocycles. The zero-order chi connectivity index (χ0) is 15.0. The lowest BCUT2D eigenvalue weighted by molar-refractivity contribution is -0.180. The van der Waals surface area contributed by atoms with Gasteiger partial charge in [0.2, 0.25) is 0 Å². The Labute approximate surface area is 134 Å². The van der Waals surface area contributed by atoms with Crippen LogP contribution in [0.4, 0.5) is 0 Å². The molecule has 2 saturated heterocycles. The van der Waals surface area contributed by atoms with E-state index in [-0.39, 0.29) is 16.9 Å². The Balaban J connectivity index is 1.60. The monoisotopic (exact) mass is 311 g/mol. The molecule has 0 N–H and O–H groups in total. The zero-order valence-electron chi connectivity index (χ0n) is 12.1. The molecule has 2 aliphatic rings. The highest BCUT2D eigenvalue weighted by Gasteiger charge is 2.64. The summed E-state index contributed by atoms with van der Waals surface area (Å²) in [5.74, 6) is 1.08. The van der Waals surface area contributed by atoms with Crippen LogP contribution < -0.4 is 0 Å². The van der Waals surface area contributed by atoms with Crippen molar-refractivity contribution in [2.45, 2.75) is 17.6 Å². The van der Waals surface area contributed by atoms with Crippen LogP contribution in [0.5, 0.6) is 0 Å². The van der Waals surface area contributed by atoms with Crippen LogP contribution in [0.25, 0.3) is 0 Å². The second-order valence-corrected chi connectivity index (χ2v) is 6.90. The van der Waals surface area contributed by atoms with Gasteiger partial charge in [-0.25, -0.2) is 0 Å². The van der Waals surface area contributed by atoms with Crippen LogP contribution in [0.3, 0.4) is 0 Å². The Hall–Kier alpha value is -1.78. The number of hydrogen-bond donors (Lipinski definition) is 0. The molecule has 4 heteroatoms. The van der Waals surface area contributed by atoms with Crippen LogP contribution in [0.15, 0.2) is 60.7 Å². The lowest BCUT2D eigenvalue weighted by atomic mass is 9.89. The van der Waals surface area contributed by atoms with Crippen molar-refractivity contribution in [3.05, 3.63) is 71.8 Å². The normalized spacial score (nSPS) is 26.6. The van der Waals surface area contributed by atoms with Gasteiger partial charge in [0.25, 0.3) is 5.91 Å². The van der Waals surface area contributed by atoms with Crippen molar-refractivity contribution in [1.29, 1.82) is 0 Å². The Morgan fingerprint density at radius 1 is 1.09 bits per heavy atom. The van der Waals surface area contributed by atoms with E-state index < -0.39 is 0 Å². The van der Waals surface area contributed by atoms with E-state index >= 15 is 0 Å². The van der Waals surface area contributed by atoms with Gasteiger partial charge in [-0.1, -0.05) is 60.7 Å². The first kappa shape index (κ1) is 13.9. The molecule has 2 fully saturated rings. The van der Waals surface area contributed by atoms with Gasteiger partial charge in [0, 0.05) is 12.3 Å². The fourth-order valence-corrected chi connectivity index (χ4v) is 4.82. The molecular formula is C18H17NO2S. The van der Waals surface area contributed by atoms with E-state index in [9.17, 15) is 4.79 Å². The number of fused-ring (bicyclic) bond motifs is 1. The van der Waals surface area contributed by atoms with Gasteiger partial charge in [-0.3, -0.25) is 4.79 Å². The Kier molecular flexibility index (Phi) is 3.43. The molecule has 0 aromatic heterocycles. The minimum absolute atomic E-state index is 0.116. The number of carbonyl (C=O) groups is 1. The van der Waals surface area contributed by atoms with Crippen LogP contribution in [0, 0.1) is 0 Å². The highest BCUT2D eigenvalue weighted by atomic mass is 32.2. The molecule has 0 spiro atoms. The number of hydrogen-bond acceptors (Lipinski definition) is 3. The minimum Gasteiger partial charge on any atom is -0.360 e. The maximum absolute atomic E-state index is 12.4. The fourth-order valence-electron chi connectivity index (χ4n) is 3.28. The number of nitrogens with zero attached hydrogens (tertiary/aromatic N) is 1. The number of β-lactam (4-membered cyclic amide) rings is 1. The van der Waals surface area contributed by atoms with Gasteiger partial charge in [0.15, 0.2) is 6.10 Å². The fraction of sp³-hybridized carbons (Fsp3) is 0.278. The summed E-state index contributed by atoms with van der Waals surface area (Å²) in [6, 6.07) is 20.3. The molecule has 2 unspecified atom stereocenters. The molecule has 0 radical (unpaired) electrons. The summed E-state index contributed by atoms with van der Waals surface area (Å²) in [4.78, 5) is 14.1. The van der Waals surface area contributed by atoms with E-state index in [1.165, 1.54) is 0 Å². The van der Waals surface area contributed by atoms with Gasteiger partial charge in [-0.2, -0.15) is 0 Å². The Morgan fingerprint density at radius 2 is 1.77 bits per heavy atom. The Bertz CT molecular complexity index is 676. The van der Waals surface area contributed by atoms with Crippen molar-refractivity contribution in [2.24, 2.45) is 0 Å². The van der Waals surface area contributed by atoms with E-state index in [0.29, 0.717) is 6.61 Å². The number of amides is 1. The lowest BCUT2D eigenvalue weighted by Gasteiger charge is -2.52. The second-order valence-electron chi connectivity index (χ2n) is 5.58. The summed E-state index contributed by atoms with van der Waals surface area (Å²) in [5, 5.41) is 0. The van der Waals surface area contributed by atoms with Gasteiger partial charge in [-0.15, -0.1) is 11.8 Å². The maximum Gasteiger partial charge on any atom is 0.256 e. The summed E-state index contributed by atoms with van der Waals surface area (Å²) in [6.07, 6.45) is -0.386. The largest absolute Gasteiger partial charge is 0.360 e. The number of thioether (sulfide) groups is 1. The van der Waals surface area contributed by atoms with Crippen molar-refractivity contribution < 1.29 is 9.53 Å². The predicted octanol–water partition coefficient (Wildman–Crippen LogP) is 3.01. The van der Waals surface area contributed by atoms with Gasteiger partial charge in [0.1, 0.15) is 4.87 Å². The molecule has 112 valence electrons. The number of rotatable bonds is 4. The maximum atomic E-state index is 12.4. The standard InChI is InChI=1S/C18H17NO2S/c20-17-16(21-13-14-7-3-1-4-8-14)18(19(17)11-12-22-18)15-9-5-2-6-10-15/h1-10,16H,11-13H2. The first-order valence-corrected chi connectivity index (χ1v) is 8.47. The van der Waals surface area contributed by atoms with Gasteiger partial charge < -0.3 is 9.64 Å². The number of carbonyl (C=O) groups excluding carboxylic acids is 1. The average molecular weight is 311 g/mol. The van der Waals surface area contributed by atoms with Crippen molar-refractivity contribution >= 4 is 17.7 Å². The molecule has 22 heavy (non-hydrogen) atoms. The van der Waals surface area contributed by atoms with E-state index in [2.05, 4.69) is 12.1 Å². The molecule has 0 aliphatic carbocycles. The second kappa shape index (κ2) is 5.45. The summed E-state index contributed by atoms with van der Waals surface area (Å²) < 4.78 is 6.04. The van der Waals surface area contributed by atoms with E-state index in [1.54, 1.807) is 0 Å². The molecule has 2 aromatic carbocycles. The third-order valence-electron chi connectivity index (χ3n) is 4.33. The number of benzene rings is 2. The van der Waals surface area contributed by atoms with Crippen molar-refractivity contribution in [2.75, 3.05) is 12.3 Å². The van der Waals surface area contributed by atoms with Gasteiger partial charge in [-0.05, 0) is 11.1 Å². The lowest BCUT2D eigenvalue weighted by Crippen LogP contribution is -2.68. The van der Waals surface area contributed by atoms with Crippen molar-refractivity contribution in [1.82, 2.24) is 4.90 Å². The topological polar surface area (TPSA) is 29.5 Å². The van der Waals surface area contributed by atoms with E-state index in [1.807, 2.05) is 65.2 Å². The summed E-state index contributed by atoms with van der Waals surface area (Å²) in [6.45, 7) is 1.28. The predicted molar refractivity (Wildman–Crippen MR) is 87.3 cm³/mol. The molecule has 2 aromatic rings. The van der Waals surface area contributed by atoms with Crippen LogP contribution >= 0.6 is 11.8 Å². The van der Waals surface area contributed by atoms with E-state index in [4.69, 9.17) is 4.74 Å². The molecule has 2 atom stereocenters. The van der Waals surface area contributed by atoms with Crippen LogP contribution in [0.2, 0.25) is 0 Å². The highest BCUT2D eigenvalue weighted by Crippen LogP contribution is 2.55. The Morgan fingerprint density at radius 3 is 2.50 bits per heavy atom. The van der Waals surface area contributed by atoms with Crippen molar-refractivity contribution in [3.8, 4) is 0 Å². The first-order valence-electron chi connectivity index (χ1n) is 7.49. The molecular weight excluding hydrogens is 294 g/mol. The highest BCUT2D eigenvalue weighted by molar-refractivity contribution is 8.00. The zero-order valence-corrected chi connectivity index (χ0v) is 13.0. The summed E-state index contributed by atoms with van der Waals surface area (Å²) in [5.41, 5.74) is 2.26. The smallest absolute Gasteiger partial charge is 0.256 e. The average Bonchev–Trinajstić information content (AvgIpc) is 2.97. The van der Waals surface area contributed by atoms with E-state index in [0.717, 1.165) is 23.4 Å². The van der Waals surface area contributed by atoms with Crippen LogP contribution in [-0.2, 0) is 21.0 Å². The molecule has 0 bridgehead atoms. The number of ether oxygens (including phenoxy) is 1. The first-order chi connectivity index (χ1) is 10.8. The molecule has 0 saturated carbocycles. The van der Waals surface area contributed by atoms with Crippen molar-refractivity contribution in [3.63, 3.8) is 0 Å². The molecule has 2 aliphatic heterocycles. The quantitative estimate of drug-likeness (QED) is 0.813. The molecule has 1 amide bonds. The molecule has 4 rings (SSSR count). The third kappa shape index (κ3) is 1.98.